The number of piperidine rings is 1. The standard InChI is InChI=1S/C14H19BrN6O2.ClH/c1-23-9-14(2-4-16-5-3-14)8-18-12(22)11-19-13-17-6-10(15)7-21(13)20-11;/h6-7,16H,2-5,8-9H2,1H3,(H,18,22);1H. The van der Waals surface area contributed by atoms with E-state index in [-0.39, 0.29) is 29.6 Å². The Morgan fingerprint density at radius 2 is 2.25 bits per heavy atom. The van der Waals surface area contributed by atoms with Crippen LogP contribution in [0.5, 0.6) is 0 Å². The zero-order chi connectivity index (χ0) is 16.3. The third-order valence-corrected chi connectivity index (χ3v) is 4.51. The lowest BCUT2D eigenvalue weighted by Gasteiger charge is -2.37. The molecule has 0 atom stereocenters. The summed E-state index contributed by atoms with van der Waals surface area (Å²) in [5.74, 6) is 0.226. The van der Waals surface area contributed by atoms with E-state index in [2.05, 4.69) is 41.6 Å². The number of hydrogen-bond acceptors (Lipinski definition) is 6. The molecule has 10 heteroatoms. The van der Waals surface area contributed by atoms with Crippen molar-refractivity contribution >= 4 is 40.0 Å². The van der Waals surface area contributed by atoms with Gasteiger partial charge in [-0.25, -0.2) is 9.50 Å². The van der Waals surface area contributed by atoms with E-state index < -0.39 is 0 Å². The number of hydrogen-bond donors (Lipinski definition) is 2. The summed E-state index contributed by atoms with van der Waals surface area (Å²) in [5, 5.41) is 10.4. The number of rotatable bonds is 5. The number of nitrogens with one attached hydrogen (secondary N) is 2. The lowest BCUT2D eigenvalue weighted by molar-refractivity contribution is 0.0509. The molecule has 0 saturated carbocycles. The van der Waals surface area contributed by atoms with Crippen LogP contribution in [0.4, 0.5) is 0 Å². The van der Waals surface area contributed by atoms with Crippen molar-refractivity contribution in [3.8, 4) is 0 Å². The van der Waals surface area contributed by atoms with E-state index in [4.69, 9.17) is 4.74 Å². The van der Waals surface area contributed by atoms with E-state index in [9.17, 15) is 4.79 Å². The lowest BCUT2D eigenvalue weighted by Crippen LogP contribution is -2.47. The van der Waals surface area contributed by atoms with Gasteiger partial charge in [0.15, 0.2) is 0 Å². The first-order valence-electron chi connectivity index (χ1n) is 7.48. The zero-order valence-corrected chi connectivity index (χ0v) is 15.7. The largest absolute Gasteiger partial charge is 0.384 e. The number of halogens is 2. The van der Waals surface area contributed by atoms with Crippen molar-refractivity contribution in [3.05, 3.63) is 22.7 Å². The number of methoxy groups -OCH3 is 1. The van der Waals surface area contributed by atoms with E-state index in [1.807, 2.05) is 0 Å². The van der Waals surface area contributed by atoms with Gasteiger partial charge in [-0.1, -0.05) is 0 Å². The molecule has 1 saturated heterocycles. The van der Waals surface area contributed by atoms with E-state index >= 15 is 0 Å². The zero-order valence-electron chi connectivity index (χ0n) is 13.3. The molecule has 2 aromatic heterocycles. The number of carbonyl (C=O) groups excluding carboxylic acids is 1. The second-order valence-corrected chi connectivity index (χ2v) is 6.73. The van der Waals surface area contributed by atoms with Gasteiger partial charge in [0.1, 0.15) is 0 Å². The second kappa shape index (κ2) is 8.19. The minimum absolute atomic E-state index is 0. The molecule has 0 unspecified atom stereocenters. The van der Waals surface area contributed by atoms with Gasteiger partial charge in [0.05, 0.1) is 11.1 Å². The molecule has 1 aliphatic rings. The minimum Gasteiger partial charge on any atom is -0.384 e. The summed E-state index contributed by atoms with van der Waals surface area (Å²) >= 11 is 3.31. The number of carbonyl (C=O) groups is 1. The summed E-state index contributed by atoms with van der Waals surface area (Å²) in [6.07, 6.45) is 5.27. The molecule has 0 aliphatic carbocycles. The molecule has 3 heterocycles. The first-order valence-corrected chi connectivity index (χ1v) is 8.27. The van der Waals surface area contributed by atoms with Gasteiger partial charge in [-0.15, -0.1) is 17.5 Å². The molecule has 0 spiro atoms. The molecule has 2 aromatic rings. The Balaban J connectivity index is 0.00000208. The van der Waals surface area contributed by atoms with Crippen LogP contribution < -0.4 is 10.6 Å². The van der Waals surface area contributed by atoms with Crippen molar-refractivity contribution in [2.45, 2.75) is 12.8 Å². The smallest absolute Gasteiger partial charge is 0.291 e. The number of fused-ring (bicyclic) bond motifs is 1. The van der Waals surface area contributed by atoms with Crippen LogP contribution in [-0.4, -0.2) is 58.8 Å². The number of ether oxygens (including phenoxy) is 1. The van der Waals surface area contributed by atoms with Crippen molar-refractivity contribution in [2.24, 2.45) is 5.41 Å². The van der Waals surface area contributed by atoms with E-state index in [0.717, 1.165) is 30.4 Å². The summed E-state index contributed by atoms with van der Waals surface area (Å²) in [4.78, 5) is 20.6. The van der Waals surface area contributed by atoms with Crippen molar-refractivity contribution in [1.29, 1.82) is 0 Å². The van der Waals surface area contributed by atoms with Gasteiger partial charge in [-0.2, -0.15) is 4.98 Å². The van der Waals surface area contributed by atoms with Crippen LogP contribution in [0.15, 0.2) is 16.9 Å². The molecule has 24 heavy (non-hydrogen) atoms. The minimum atomic E-state index is -0.291. The van der Waals surface area contributed by atoms with Gasteiger partial charge in [0, 0.05) is 31.5 Å². The van der Waals surface area contributed by atoms with Crippen LogP contribution in [0.25, 0.3) is 5.78 Å². The molecule has 3 rings (SSSR count). The molecule has 0 bridgehead atoms. The predicted octanol–water partition coefficient (Wildman–Crippen LogP) is 1.05. The fourth-order valence-electron chi connectivity index (χ4n) is 2.84. The van der Waals surface area contributed by atoms with Crippen molar-refractivity contribution in [2.75, 3.05) is 33.4 Å². The van der Waals surface area contributed by atoms with E-state index in [1.165, 1.54) is 4.52 Å². The van der Waals surface area contributed by atoms with Gasteiger partial charge in [0.25, 0.3) is 11.7 Å². The maximum Gasteiger partial charge on any atom is 0.291 e. The Kier molecular flexibility index (Phi) is 6.50. The summed E-state index contributed by atoms with van der Waals surface area (Å²) < 4.78 is 7.61. The van der Waals surface area contributed by atoms with Crippen LogP contribution in [-0.2, 0) is 4.74 Å². The highest BCUT2D eigenvalue weighted by atomic mass is 79.9. The summed E-state index contributed by atoms with van der Waals surface area (Å²) in [5.41, 5.74) is -0.0317. The van der Waals surface area contributed by atoms with Gasteiger partial charge in [-0.05, 0) is 41.9 Å². The third kappa shape index (κ3) is 4.21. The van der Waals surface area contributed by atoms with Crippen LogP contribution in [0.2, 0.25) is 0 Å². The third-order valence-electron chi connectivity index (χ3n) is 4.10. The van der Waals surface area contributed by atoms with E-state index in [1.54, 1.807) is 19.5 Å². The fraction of sp³-hybridized carbons (Fsp3) is 0.571. The average molecular weight is 420 g/mol. The number of amides is 1. The van der Waals surface area contributed by atoms with Crippen LogP contribution >= 0.6 is 28.3 Å². The van der Waals surface area contributed by atoms with Crippen molar-refractivity contribution in [1.82, 2.24) is 30.2 Å². The Hall–Kier alpha value is -1.29. The predicted molar refractivity (Wildman–Crippen MR) is 94.5 cm³/mol. The Morgan fingerprint density at radius 3 is 2.96 bits per heavy atom. The van der Waals surface area contributed by atoms with Gasteiger partial charge < -0.3 is 15.4 Å². The highest BCUT2D eigenvalue weighted by Gasteiger charge is 2.33. The quantitative estimate of drug-likeness (QED) is 0.752. The summed E-state index contributed by atoms with van der Waals surface area (Å²) in [6.45, 7) is 3.05. The van der Waals surface area contributed by atoms with Gasteiger partial charge in [0.2, 0.25) is 5.82 Å². The van der Waals surface area contributed by atoms with Crippen LogP contribution in [0, 0.1) is 5.41 Å². The molecule has 132 valence electrons. The molecule has 0 aromatic carbocycles. The van der Waals surface area contributed by atoms with Crippen LogP contribution in [0.3, 0.4) is 0 Å². The Bertz CT molecular complexity index is 698. The maximum atomic E-state index is 12.3. The molecule has 0 radical (unpaired) electrons. The molecule has 1 fully saturated rings. The molecular weight excluding hydrogens is 400 g/mol. The monoisotopic (exact) mass is 418 g/mol. The first kappa shape index (κ1) is 19.0. The molecule has 1 aliphatic heterocycles. The SMILES string of the molecule is COCC1(CNC(=O)c2nc3ncc(Br)cn3n2)CCNCC1.Cl. The fourth-order valence-corrected chi connectivity index (χ4v) is 3.13. The summed E-state index contributed by atoms with van der Waals surface area (Å²) in [6, 6.07) is 0. The van der Waals surface area contributed by atoms with Gasteiger partial charge >= 0.3 is 0 Å². The lowest BCUT2D eigenvalue weighted by atomic mass is 9.79. The maximum absolute atomic E-state index is 12.3. The van der Waals surface area contributed by atoms with E-state index in [0.29, 0.717) is 18.9 Å². The molecular formula is C14H20BrClN6O2. The Labute approximate surface area is 154 Å². The topological polar surface area (TPSA) is 93.4 Å². The molecule has 8 nitrogen and oxygen atoms in total. The second-order valence-electron chi connectivity index (χ2n) is 5.82. The summed E-state index contributed by atoms with van der Waals surface area (Å²) in [7, 11) is 1.69. The average Bonchev–Trinajstić information content (AvgIpc) is 2.97. The number of aromatic nitrogens is 4. The van der Waals surface area contributed by atoms with Crippen molar-refractivity contribution in [3.63, 3.8) is 0 Å². The van der Waals surface area contributed by atoms with Crippen molar-refractivity contribution < 1.29 is 9.53 Å². The Morgan fingerprint density at radius 1 is 1.50 bits per heavy atom. The molecule has 1 amide bonds. The van der Waals surface area contributed by atoms with Crippen LogP contribution in [0.1, 0.15) is 23.5 Å². The molecule has 2 N–H and O–H groups in total. The highest BCUT2D eigenvalue weighted by Crippen LogP contribution is 2.28. The number of nitrogens with zero attached hydrogens (tertiary/aromatic N) is 4. The normalized spacial score (nSPS) is 16.6. The highest BCUT2D eigenvalue weighted by molar-refractivity contribution is 9.10. The first-order chi connectivity index (χ1) is 11.1. The van der Waals surface area contributed by atoms with Gasteiger partial charge in [-0.3, -0.25) is 4.79 Å².